The molecule has 2 N–H and O–H groups in total. The second-order valence-electron chi connectivity index (χ2n) is 6.57. The summed E-state index contributed by atoms with van der Waals surface area (Å²) >= 11 is 5.97. The van der Waals surface area contributed by atoms with Gasteiger partial charge in [0.2, 0.25) is 5.91 Å². The van der Waals surface area contributed by atoms with Crippen LogP contribution in [0.25, 0.3) is 0 Å². The van der Waals surface area contributed by atoms with Gasteiger partial charge in [-0.2, -0.15) is 0 Å². The minimum Gasteiger partial charge on any atom is -0.344 e. The van der Waals surface area contributed by atoms with Gasteiger partial charge in [-0.25, -0.2) is 0 Å². The molecule has 0 aromatic heterocycles. The first-order valence-electron chi connectivity index (χ1n) is 7.70. The van der Waals surface area contributed by atoms with E-state index in [-0.39, 0.29) is 24.0 Å². The Morgan fingerprint density at radius 2 is 1.57 bits per heavy atom. The summed E-state index contributed by atoms with van der Waals surface area (Å²) in [5, 5.41) is 6.98. The van der Waals surface area contributed by atoms with Gasteiger partial charge in [-0.05, 0) is 44.0 Å². The van der Waals surface area contributed by atoms with Gasteiger partial charge in [0.1, 0.15) is 0 Å². The second kappa shape index (κ2) is 7.62. The molecule has 0 unspecified atom stereocenters. The van der Waals surface area contributed by atoms with Crippen LogP contribution < -0.4 is 10.6 Å². The number of carbonyl (C=O) groups is 1. The molecule has 0 saturated carbocycles. The molecule has 0 spiro atoms. The molecule has 1 amide bonds. The molecule has 0 bridgehead atoms. The fourth-order valence-electron chi connectivity index (χ4n) is 2.22. The Morgan fingerprint density at radius 3 is 2.13 bits per heavy atom. The van der Waals surface area contributed by atoms with Crippen molar-refractivity contribution >= 4 is 17.5 Å². The van der Waals surface area contributed by atoms with Crippen LogP contribution in [0.4, 0.5) is 0 Å². The molecule has 0 radical (unpaired) electrons. The lowest BCUT2D eigenvalue weighted by Gasteiger charge is -2.23. The molecule has 2 aromatic carbocycles. The van der Waals surface area contributed by atoms with Crippen LogP contribution >= 0.6 is 11.6 Å². The van der Waals surface area contributed by atoms with E-state index in [9.17, 15) is 4.79 Å². The van der Waals surface area contributed by atoms with E-state index in [1.807, 2.05) is 75.4 Å². The van der Waals surface area contributed by atoms with Crippen LogP contribution in [0.1, 0.15) is 37.9 Å². The van der Waals surface area contributed by atoms with E-state index < -0.39 is 0 Å². The molecule has 4 heteroatoms. The Labute approximate surface area is 143 Å². The normalized spacial score (nSPS) is 12.7. The van der Waals surface area contributed by atoms with Crippen molar-refractivity contribution in [2.75, 3.05) is 6.54 Å². The van der Waals surface area contributed by atoms with E-state index in [0.717, 1.165) is 11.1 Å². The molecule has 0 aliphatic heterocycles. The molecule has 122 valence electrons. The lowest BCUT2D eigenvalue weighted by Crippen LogP contribution is -2.44. The molecule has 0 aliphatic rings. The van der Waals surface area contributed by atoms with Crippen molar-refractivity contribution in [3.8, 4) is 0 Å². The van der Waals surface area contributed by atoms with Crippen molar-refractivity contribution in [3.63, 3.8) is 0 Å². The van der Waals surface area contributed by atoms with Crippen LogP contribution in [0.5, 0.6) is 0 Å². The van der Waals surface area contributed by atoms with Gasteiger partial charge in [0.15, 0.2) is 0 Å². The Bertz CT molecular complexity index is 633. The van der Waals surface area contributed by atoms with Crippen molar-refractivity contribution in [2.45, 2.75) is 32.4 Å². The van der Waals surface area contributed by atoms with Crippen LogP contribution in [-0.2, 0) is 4.79 Å². The van der Waals surface area contributed by atoms with Crippen LogP contribution in [0, 0.1) is 0 Å². The molecule has 0 heterocycles. The van der Waals surface area contributed by atoms with Crippen LogP contribution in [0.2, 0.25) is 5.02 Å². The summed E-state index contributed by atoms with van der Waals surface area (Å²) in [6, 6.07) is 17.3. The second-order valence-corrected chi connectivity index (χ2v) is 7.00. The van der Waals surface area contributed by atoms with Crippen molar-refractivity contribution in [1.82, 2.24) is 10.6 Å². The summed E-state index contributed by atoms with van der Waals surface area (Å²) in [4.78, 5) is 12.3. The Morgan fingerprint density at radius 1 is 1.00 bits per heavy atom. The van der Waals surface area contributed by atoms with Gasteiger partial charge in [0.25, 0.3) is 0 Å². The lowest BCUT2D eigenvalue weighted by atomic mass is 9.98. The Balaban J connectivity index is 2.18. The smallest absolute Gasteiger partial charge is 0.234 e. The molecule has 0 saturated heterocycles. The third kappa shape index (κ3) is 5.70. The molecular weight excluding hydrogens is 308 g/mol. The average Bonchev–Trinajstić information content (AvgIpc) is 2.52. The van der Waals surface area contributed by atoms with Crippen molar-refractivity contribution < 1.29 is 4.79 Å². The summed E-state index contributed by atoms with van der Waals surface area (Å²) in [7, 11) is 0. The van der Waals surface area contributed by atoms with Crippen LogP contribution in [0.3, 0.4) is 0 Å². The first-order valence-corrected chi connectivity index (χ1v) is 8.08. The zero-order valence-corrected chi connectivity index (χ0v) is 14.5. The van der Waals surface area contributed by atoms with E-state index in [4.69, 9.17) is 11.6 Å². The zero-order valence-electron chi connectivity index (χ0n) is 13.8. The summed E-state index contributed by atoms with van der Waals surface area (Å²) in [5.74, 6) is -0.0382. The average molecular weight is 331 g/mol. The predicted octanol–water partition coefficient (Wildman–Crippen LogP) is 3.93. The van der Waals surface area contributed by atoms with Gasteiger partial charge < -0.3 is 10.6 Å². The molecule has 23 heavy (non-hydrogen) atoms. The van der Waals surface area contributed by atoms with E-state index in [1.165, 1.54) is 0 Å². The monoisotopic (exact) mass is 330 g/mol. The van der Waals surface area contributed by atoms with Gasteiger partial charge in [0, 0.05) is 10.6 Å². The van der Waals surface area contributed by atoms with E-state index in [0.29, 0.717) is 5.02 Å². The summed E-state index contributed by atoms with van der Waals surface area (Å²) in [5.41, 5.74) is 1.95. The van der Waals surface area contributed by atoms with Gasteiger partial charge in [-0.15, -0.1) is 0 Å². The summed E-state index contributed by atoms with van der Waals surface area (Å²) in [6.45, 7) is 6.39. The third-order valence-corrected chi connectivity index (χ3v) is 3.67. The maximum Gasteiger partial charge on any atom is 0.234 e. The number of hydrogen-bond donors (Lipinski definition) is 2. The highest BCUT2D eigenvalue weighted by molar-refractivity contribution is 6.30. The maximum atomic E-state index is 12.3. The quantitative estimate of drug-likeness (QED) is 0.872. The number of rotatable bonds is 5. The molecule has 0 aliphatic carbocycles. The maximum absolute atomic E-state index is 12.3. The summed E-state index contributed by atoms with van der Waals surface area (Å²) in [6.07, 6.45) is 0. The fourth-order valence-corrected chi connectivity index (χ4v) is 2.34. The standard InChI is InChI=1S/C19H23ClN2O/c1-19(2,3)21-13-17(23)22-18(14-7-5-4-6-8-14)15-9-11-16(20)12-10-15/h4-12,18,21H,13H2,1-3H3,(H,22,23)/t18-/m0/s1. The number of nitrogens with one attached hydrogen (secondary N) is 2. The highest BCUT2D eigenvalue weighted by Crippen LogP contribution is 2.23. The minimum absolute atomic E-state index is 0.0382. The molecule has 1 atom stereocenters. The van der Waals surface area contributed by atoms with Crippen molar-refractivity contribution in [3.05, 3.63) is 70.7 Å². The molecule has 2 aromatic rings. The SMILES string of the molecule is CC(C)(C)NCC(=O)N[C@@H](c1ccccc1)c1ccc(Cl)cc1. The Kier molecular flexibility index (Phi) is 5.80. The number of carbonyl (C=O) groups excluding carboxylic acids is 1. The van der Waals surface area contributed by atoms with E-state index >= 15 is 0 Å². The zero-order chi connectivity index (χ0) is 16.9. The first-order chi connectivity index (χ1) is 10.8. The predicted molar refractivity (Wildman–Crippen MR) is 95.6 cm³/mol. The topological polar surface area (TPSA) is 41.1 Å². The number of amides is 1. The van der Waals surface area contributed by atoms with Gasteiger partial charge in [-0.3, -0.25) is 4.79 Å². The van der Waals surface area contributed by atoms with Gasteiger partial charge in [-0.1, -0.05) is 54.1 Å². The molecule has 2 rings (SSSR count). The number of halogens is 1. The van der Waals surface area contributed by atoms with Crippen molar-refractivity contribution in [1.29, 1.82) is 0 Å². The summed E-state index contributed by atoms with van der Waals surface area (Å²) < 4.78 is 0. The largest absolute Gasteiger partial charge is 0.344 e. The van der Waals surface area contributed by atoms with E-state index in [2.05, 4.69) is 10.6 Å². The molecule has 3 nitrogen and oxygen atoms in total. The van der Waals surface area contributed by atoms with Crippen LogP contribution in [-0.4, -0.2) is 18.0 Å². The first kappa shape index (κ1) is 17.5. The molecule has 0 fully saturated rings. The van der Waals surface area contributed by atoms with Gasteiger partial charge >= 0.3 is 0 Å². The van der Waals surface area contributed by atoms with Crippen LogP contribution in [0.15, 0.2) is 54.6 Å². The number of hydrogen-bond acceptors (Lipinski definition) is 2. The molecular formula is C19H23ClN2O. The lowest BCUT2D eigenvalue weighted by molar-refractivity contribution is -0.121. The van der Waals surface area contributed by atoms with E-state index in [1.54, 1.807) is 0 Å². The van der Waals surface area contributed by atoms with Gasteiger partial charge in [0.05, 0.1) is 12.6 Å². The Hall–Kier alpha value is -1.84. The highest BCUT2D eigenvalue weighted by Gasteiger charge is 2.18. The minimum atomic E-state index is -0.192. The number of benzene rings is 2. The third-order valence-electron chi connectivity index (χ3n) is 3.42. The van der Waals surface area contributed by atoms with Crippen molar-refractivity contribution in [2.24, 2.45) is 0 Å². The highest BCUT2D eigenvalue weighted by atomic mass is 35.5. The fraction of sp³-hybridized carbons (Fsp3) is 0.316.